The van der Waals surface area contributed by atoms with Gasteiger partial charge in [0.1, 0.15) is 12.9 Å². The summed E-state index contributed by atoms with van der Waals surface area (Å²) in [5.41, 5.74) is 0.791. The zero-order valence-corrected chi connectivity index (χ0v) is 17.3. The van der Waals surface area contributed by atoms with Gasteiger partial charge in [-0.2, -0.15) is 0 Å². The standard InChI is InChI=1S/C25H27O3P/c26-24-17-8-7-15-22(24)23-16-9-10-19(25(23)27)18-29(28,20-11-3-1-4-12-20)21-13-5-2-6-14-21/h1-8,11-15,17,19,23,25-27H,9-10,16,18H2/t19-,23+,25-/m1/s1. The molecule has 1 aliphatic rings. The first kappa shape index (κ1) is 19.9. The van der Waals surface area contributed by atoms with Gasteiger partial charge in [-0.1, -0.05) is 85.3 Å². The van der Waals surface area contributed by atoms with Crippen LogP contribution in [0.4, 0.5) is 0 Å². The van der Waals surface area contributed by atoms with E-state index in [9.17, 15) is 14.8 Å². The van der Waals surface area contributed by atoms with Gasteiger partial charge in [0.05, 0.1) is 6.10 Å². The lowest BCUT2D eigenvalue weighted by atomic mass is 9.76. The number of para-hydroxylation sites is 1. The van der Waals surface area contributed by atoms with Crippen molar-refractivity contribution in [2.24, 2.45) is 5.92 Å². The van der Waals surface area contributed by atoms with Crippen LogP contribution in [0.5, 0.6) is 5.75 Å². The number of hydrogen-bond donors (Lipinski definition) is 2. The first-order valence-electron chi connectivity index (χ1n) is 10.3. The molecule has 1 saturated carbocycles. The Labute approximate surface area is 172 Å². The summed E-state index contributed by atoms with van der Waals surface area (Å²) >= 11 is 0. The second-order valence-electron chi connectivity index (χ2n) is 7.94. The number of aliphatic hydroxyl groups excluding tert-OH is 1. The molecule has 150 valence electrons. The van der Waals surface area contributed by atoms with Crippen molar-refractivity contribution in [3.8, 4) is 5.75 Å². The molecular formula is C25H27O3P. The Morgan fingerprint density at radius 2 is 1.34 bits per heavy atom. The SMILES string of the molecule is O=P(C[C@H]1CCC[C@@H](c2ccccc2O)[C@@H]1O)(c1ccccc1)c1ccccc1. The van der Waals surface area contributed by atoms with Crippen LogP contribution in [0.2, 0.25) is 0 Å². The first-order chi connectivity index (χ1) is 14.1. The topological polar surface area (TPSA) is 57.5 Å². The third-order valence-corrected chi connectivity index (χ3v) is 9.41. The molecule has 0 saturated heterocycles. The van der Waals surface area contributed by atoms with Crippen molar-refractivity contribution in [1.29, 1.82) is 0 Å². The minimum absolute atomic E-state index is 0.0837. The number of aliphatic hydroxyl groups is 1. The number of rotatable bonds is 5. The van der Waals surface area contributed by atoms with Gasteiger partial charge in [0.2, 0.25) is 0 Å². The quantitative estimate of drug-likeness (QED) is 0.607. The highest BCUT2D eigenvalue weighted by Gasteiger charge is 2.39. The number of aromatic hydroxyl groups is 1. The van der Waals surface area contributed by atoms with Gasteiger partial charge >= 0.3 is 0 Å². The molecule has 0 unspecified atom stereocenters. The molecule has 1 aliphatic carbocycles. The van der Waals surface area contributed by atoms with Crippen molar-refractivity contribution >= 4 is 17.8 Å². The van der Waals surface area contributed by atoms with Gasteiger partial charge in [-0.05, 0) is 30.4 Å². The average Bonchev–Trinajstić information content (AvgIpc) is 2.77. The fraction of sp³-hybridized carbons (Fsp3) is 0.280. The van der Waals surface area contributed by atoms with Crippen LogP contribution in [0.1, 0.15) is 30.7 Å². The Bertz CT molecular complexity index is 944. The second-order valence-corrected chi connectivity index (χ2v) is 10.8. The van der Waals surface area contributed by atoms with Crippen LogP contribution in [0.25, 0.3) is 0 Å². The van der Waals surface area contributed by atoms with Gasteiger partial charge in [-0.15, -0.1) is 0 Å². The van der Waals surface area contributed by atoms with Crippen molar-refractivity contribution in [3.05, 3.63) is 90.5 Å². The summed E-state index contributed by atoms with van der Waals surface area (Å²) in [7, 11) is -2.88. The van der Waals surface area contributed by atoms with E-state index in [-0.39, 0.29) is 17.6 Å². The molecule has 3 nitrogen and oxygen atoms in total. The average molecular weight is 406 g/mol. The van der Waals surface area contributed by atoms with E-state index in [1.54, 1.807) is 12.1 Å². The van der Waals surface area contributed by atoms with Crippen LogP contribution in [-0.4, -0.2) is 22.5 Å². The van der Waals surface area contributed by atoms with E-state index in [4.69, 9.17) is 0 Å². The summed E-state index contributed by atoms with van der Waals surface area (Å²) < 4.78 is 14.4. The highest BCUT2D eigenvalue weighted by atomic mass is 31.2. The lowest BCUT2D eigenvalue weighted by Crippen LogP contribution is -2.36. The molecule has 3 aromatic rings. The molecule has 0 heterocycles. The third-order valence-electron chi connectivity index (χ3n) is 6.16. The number of phenolic OH excluding ortho intramolecular Hbond substituents is 1. The highest BCUT2D eigenvalue weighted by Crippen LogP contribution is 2.50. The molecule has 4 heteroatoms. The van der Waals surface area contributed by atoms with E-state index < -0.39 is 13.2 Å². The van der Waals surface area contributed by atoms with E-state index in [1.807, 2.05) is 72.8 Å². The zero-order valence-electron chi connectivity index (χ0n) is 16.4. The molecular weight excluding hydrogens is 379 g/mol. The molecule has 0 bridgehead atoms. The minimum Gasteiger partial charge on any atom is -0.508 e. The largest absolute Gasteiger partial charge is 0.508 e. The number of hydrogen-bond acceptors (Lipinski definition) is 3. The van der Waals surface area contributed by atoms with E-state index in [0.29, 0.717) is 6.16 Å². The third kappa shape index (κ3) is 4.03. The van der Waals surface area contributed by atoms with Gasteiger partial charge in [-0.25, -0.2) is 0 Å². The molecule has 29 heavy (non-hydrogen) atoms. The lowest BCUT2D eigenvalue weighted by Gasteiger charge is -2.37. The molecule has 0 amide bonds. The number of benzene rings is 3. The second kappa shape index (κ2) is 8.57. The summed E-state index contributed by atoms with van der Waals surface area (Å²) in [5.74, 6) is 0.0149. The highest BCUT2D eigenvalue weighted by molar-refractivity contribution is 7.78. The summed E-state index contributed by atoms with van der Waals surface area (Å²) in [4.78, 5) is 0. The van der Waals surface area contributed by atoms with Crippen LogP contribution < -0.4 is 10.6 Å². The zero-order chi connectivity index (χ0) is 20.3. The summed E-state index contributed by atoms with van der Waals surface area (Å²) in [6, 6.07) is 26.5. The van der Waals surface area contributed by atoms with Gasteiger partial charge in [-0.3, -0.25) is 0 Å². The van der Waals surface area contributed by atoms with E-state index >= 15 is 0 Å². The van der Waals surface area contributed by atoms with Crippen LogP contribution in [0.3, 0.4) is 0 Å². The van der Waals surface area contributed by atoms with E-state index in [1.165, 1.54) is 0 Å². The van der Waals surface area contributed by atoms with Crippen LogP contribution >= 0.6 is 7.14 Å². The van der Waals surface area contributed by atoms with E-state index in [2.05, 4.69) is 0 Å². The first-order valence-corrected chi connectivity index (χ1v) is 12.1. The molecule has 0 spiro atoms. The van der Waals surface area contributed by atoms with Crippen LogP contribution in [-0.2, 0) is 4.57 Å². The molecule has 1 fully saturated rings. The van der Waals surface area contributed by atoms with Gasteiger partial charge in [0.25, 0.3) is 0 Å². The van der Waals surface area contributed by atoms with Gasteiger partial charge in [0.15, 0.2) is 0 Å². The Kier molecular flexibility index (Phi) is 5.89. The molecule has 4 rings (SSSR count). The smallest absolute Gasteiger partial charge is 0.143 e. The molecule has 0 aliphatic heterocycles. The van der Waals surface area contributed by atoms with Gasteiger partial charge in [0, 0.05) is 22.7 Å². The normalized spacial score (nSPS) is 22.3. The van der Waals surface area contributed by atoms with Crippen molar-refractivity contribution < 1.29 is 14.8 Å². The fourth-order valence-electron chi connectivity index (χ4n) is 4.64. The molecule has 0 aromatic heterocycles. The molecule has 0 radical (unpaired) electrons. The Morgan fingerprint density at radius 1 is 0.793 bits per heavy atom. The minimum atomic E-state index is -2.88. The maximum Gasteiger partial charge on any atom is 0.143 e. The van der Waals surface area contributed by atoms with Crippen molar-refractivity contribution in [3.63, 3.8) is 0 Å². The van der Waals surface area contributed by atoms with Crippen molar-refractivity contribution in [2.75, 3.05) is 6.16 Å². The number of phenols is 1. The molecule has 3 atom stereocenters. The Hall–Kier alpha value is -2.35. The van der Waals surface area contributed by atoms with Crippen LogP contribution in [0.15, 0.2) is 84.9 Å². The van der Waals surface area contributed by atoms with E-state index in [0.717, 1.165) is 35.4 Å². The van der Waals surface area contributed by atoms with Gasteiger partial charge < -0.3 is 14.8 Å². The predicted molar refractivity (Wildman–Crippen MR) is 119 cm³/mol. The maximum atomic E-state index is 14.4. The summed E-state index contributed by atoms with van der Waals surface area (Å²) in [5, 5.41) is 23.2. The Balaban J connectivity index is 1.68. The molecule has 2 N–H and O–H groups in total. The molecule has 3 aromatic carbocycles. The summed E-state index contributed by atoms with van der Waals surface area (Å²) in [6.45, 7) is 0. The summed E-state index contributed by atoms with van der Waals surface area (Å²) in [6.07, 6.45) is 2.43. The van der Waals surface area contributed by atoms with Crippen LogP contribution in [0, 0.1) is 5.92 Å². The lowest BCUT2D eigenvalue weighted by molar-refractivity contribution is 0.0582. The van der Waals surface area contributed by atoms with Crippen molar-refractivity contribution in [2.45, 2.75) is 31.3 Å². The maximum absolute atomic E-state index is 14.4. The predicted octanol–water partition coefficient (Wildman–Crippen LogP) is 4.65. The fourth-order valence-corrected chi connectivity index (χ4v) is 7.72. The monoisotopic (exact) mass is 406 g/mol. The Morgan fingerprint density at radius 3 is 1.93 bits per heavy atom. The van der Waals surface area contributed by atoms with Crippen molar-refractivity contribution in [1.82, 2.24) is 0 Å².